The molecular weight excluding hydrogens is 417 g/mol. The van der Waals surface area contributed by atoms with Crippen molar-refractivity contribution < 1.29 is 9.18 Å². The van der Waals surface area contributed by atoms with Crippen LogP contribution in [0.15, 0.2) is 54.6 Å². The Bertz CT molecular complexity index is 1110. The van der Waals surface area contributed by atoms with Gasteiger partial charge in [-0.1, -0.05) is 43.3 Å². The number of aromatic nitrogens is 2. The molecule has 2 aromatic carbocycles. The summed E-state index contributed by atoms with van der Waals surface area (Å²) >= 11 is 0. The summed E-state index contributed by atoms with van der Waals surface area (Å²) in [6, 6.07) is 16.1. The van der Waals surface area contributed by atoms with Crippen molar-refractivity contribution in [1.29, 1.82) is 0 Å². The summed E-state index contributed by atoms with van der Waals surface area (Å²) in [4.78, 5) is 26.4. The van der Waals surface area contributed by atoms with E-state index in [2.05, 4.69) is 41.4 Å². The standard InChI is InChI=1S/C26H30FN5O/c1-3-24-23(17-20-9-5-4-6-10-20)25(29-19(2)28-24)31-13-8-14-32(16-15-31)26(33)30-22-12-7-11-21(27)18-22/h4-7,9-12,18H,3,8,13-17H2,1-2H3,(H,30,33). The minimum absolute atomic E-state index is 0.208. The summed E-state index contributed by atoms with van der Waals surface area (Å²) in [5, 5.41) is 2.81. The number of carbonyl (C=O) groups is 1. The average molecular weight is 448 g/mol. The third kappa shape index (κ3) is 5.66. The van der Waals surface area contributed by atoms with E-state index in [4.69, 9.17) is 9.97 Å². The number of hydrogen-bond donors (Lipinski definition) is 1. The maximum atomic E-state index is 13.5. The van der Waals surface area contributed by atoms with Crippen molar-refractivity contribution in [3.63, 3.8) is 0 Å². The molecule has 33 heavy (non-hydrogen) atoms. The third-order valence-electron chi connectivity index (χ3n) is 5.90. The van der Waals surface area contributed by atoms with Crippen LogP contribution < -0.4 is 10.2 Å². The van der Waals surface area contributed by atoms with E-state index in [0.29, 0.717) is 25.3 Å². The van der Waals surface area contributed by atoms with Crippen LogP contribution in [0.4, 0.5) is 20.7 Å². The largest absolute Gasteiger partial charge is 0.354 e. The number of rotatable bonds is 5. The minimum atomic E-state index is -0.369. The molecule has 3 aromatic rings. The van der Waals surface area contributed by atoms with Gasteiger partial charge in [0.15, 0.2) is 0 Å². The highest BCUT2D eigenvalue weighted by Crippen LogP contribution is 2.26. The maximum Gasteiger partial charge on any atom is 0.321 e. The van der Waals surface area contributed by atoms with Crippen LogP contribution >= 0.6 is 0 Å². The first kappa shape index (κ1) is 22.7. The molecule has 2 amide bonds. The van der Waals surface area contributed by atoms with Gasteiger partial charge in [0.2, 0.25) is 0 Å². The van der Waals surface area contributed by atoms with E-state index >= 15 is 0 Å². The average Bonchev–Trinajstić information content (AvgIpc) is 3.07. The lowest BCUT2D eigenvalue weighted by Gasteiger charge is -2.26. The normalized spacial score (nSPS) is 14.2. The summed E-state index contributed by atoms with van der Waals surface area (Å²) in [6.07, 6.45) is 2.44. The fourth-order valence-electron chi connectivity index (χ4n) is 4.27. The summed E-state index contributed by atoms with van der Waals surface area (Å²) < 4.78 is 13.5. The van der Waals surface area contributed by atoms with E-state index in [-0.39, 0.29) is 11.8 Å². The van der Waals surface area contributed by atoms with Gasteiger partial charge in [-0.3, -0.25) is 0 Å². The molecule has 0 spiro atoms. The predicted molar refractivity (Wildman–Crippen MR) is 129 cm³/mol. The number of benzene rings is 2. The predicted octanol–water partition coefficient (Wildman–Crippen LogP) is 4.82. The topological polar surface area (TPSA) is 61.4 Å². The molecule has 0 saturated carbocycles. The third-order valence-corrected chi connectivity index (χ3v) is 5.90. The highest BCUT2D eigenvalue weighted by atomic mass is 19.1. The molecule has 1 aromatic heterocycles. The SMILES string of the molecule is CCc1nc(C)nc(N2CCCN(C(=O)Nc3cccc(F)c3)CC2)c1Cc1ccccc1. The fraction of sp³-hybridized carbons (Fsp3) is 0.346. The van der Waals surface area contributed by atoms with Crippen LogP contribution in [-0.4, -0.2) is 47.1 Å². The van der Waals surface area contributed by atoms with Gasteiger partial charge < -0.3 is 15.1 Å². The van der Waals surface area contributed by atoms with Crippen LogP contribution in [0.25, 0.3) is 0 Å². The Balaban J connectivity index is 1.52. The molecule has 1 N–H and O–H groups in total. The maximum absolute atomic E-state index is 13.5. The number of nitrogens with one attached hydrogen (secondary N) is 1. The molecule has 0 atom stereocenters. The highest BCUT2D eigenvalue weighted by Gasteiger charge is 2.23. The molecule has 7 heteroatoms. The van der Waals surface area contributed by atoms with Gasteiger partial charge in [0, 0.05) is 49.5 Å². The van der Waals surface area contributed by atoms with Gasteiger partial charge in [-0.05, 0) is 43.5 Å². The molecule has 0 unspecified atom stereocenters. The zero-order valence-electron chi connectivity index (χ0n) is 19.2. The molecule has 172 valence electrons. The number of halogens is 1. The van der Waals surface area contributed by atoms with E-state index in [9.17, 15) is 9.18 Å². The molecule has 4 rings (SSSR count). The van der Waals surface area contributed by atoms with Crippen molar-refractivity contribution in [2.45, 2.75) is 33.1 Å². The first-order chi connectivity index (χ1) is 16.0. The van der Waals surface area contributed by atoms with Gasteiger partial charge in [0.1, 0.15) is 17.5 Å². The fourth-order valence-corrected chi connectivity index (χ4v) is 4.27. The summed E-state index contributed by atoms with van der Waals surface area (Å²) in [5.74, 6) is 1.37. The Hall–Kier alpha value is -3.48. The van der Waals surface area contributed by atoms with Crippen molar-refractivity contribution >= 4 is 17.5 Å². The Labute approximate surface area is 194 Å². The Morgan fingerprint density at radius 1 is 1.03 bits per heavy atom. The van der Waals surface area contributed by atoms with Gasteiger partial charge in [0.05, 0.1) is 0 Å². The number of carbonyl (C=O) groups excluding carboxylic acids is 1. The molecule has 0 bridgehead atoms. The lowest BCUT2D eigenvalue weighted by atomic mass is 10.0. The molecule has 1 aliphatic heterocycles. The van der Waals surface area contributed by atoms with Crippen molar-refractivity contribution in [3.05, 3.63) is 83.1 Å². The first-order valence-electron chi connectivity index (χ1n) is 11.5. The molecule has 0 radical (unpaired) electrons. The molecular formula is C26H30FN5O. The number of urea groups is 1. The van der Waals surface area contributed by atoms with Crippen molar-refractivity contribution in [3.8, 4) is 0 Å². The molecule has 0 aliphatic carbocycles. The summed E-state index contributed by atoms with van der Waals surface area (Å²) in [5.41, 5.74) is 3.93. The van der Waals surface area contributed by atoms with Crippen LogP contribution in [-0.2, 0) is 12.8 Å². The van der Waals surface area contributed by atoms with Crippen LogP contribution in [0.3, 0.4) is 0 Å². The number of anilines is 2. The number of hydrogen-bond acceptors (Lipinski definition) is 4. The lowest BCUT2D eigenvalue weighted by molar-refractivity contribution is 0.215. The Kier molecular flexibility index (Phi) is 7.17. The van der Waals surface area contributed by atoms with Crippen LogP contribution in [0.5, 0.6) is 0 Å². The van der Waals surface area contributed by atoms with E-state index in [1.807, 2.05) is 13.0 Å². The molecule has 6 nitrogen and oxygen atoms in total. The van der Waals surface area contributed by atoms with Crippen molar-refractivity contribution in [2.75, 3.05) is 36.4 Å². The summed E-state index contributed by atoms with van der Waals surface area (Å²) in [7, 11) is 0. The van der Waals surface area contributed by atoms with E-state index in [1.165, 1.54) is 17.7 Å². The summed E-state index contributed by atoms with van der Waals surface area (Å²) in [6.45, 7) is 6.75. The smallest absolute Gasteiger partial charge is 0.321 e. The molecule has 1 aliphatic rings. The second-order valence-corrected chi connectivity index (χ2v) is 8.30. The number of aryl methyl sites for hydroxylation is 2. The van der Waals surface area contributed by atoms with Crippen LogP contribution in [0, 0.1) is 12.7 Å². The lowest BCUT2D eigenvalue weighted by Crippen LogP contribution is -2.38. The van der Waals surface area contributed by atoms with Gasteiger partial charge in [-0.25, -0.2) is 19.2 Å². The van der Waals surface area contributed by atoms with Gasteiger partial charge in [-0.2, -0.15) is 0 Å². The van der Waals surface area contributed by atoms with E-state index in [1.54, 1.807) is 17.0 Å². The first-order valence-corrected chi connectivity index (χ1v) is 11.5. The second-order valence-electron chi connectivity index (χ2n) is 8.30. The van der Waals surface area contributed by atoms with Gasteiger partial charge in [-0.15, -0.1) is 0 Å². The van der Waals surface area contributed by atoms with Gasteiger partial charge in [0.25, 0.3) is 0 Å². The molecule has 2 heterocycles. The van der Waals surface area contributed by atoms with Gasteiger partial charge >= 0.3 is 6.03 Å². The number of nitrogens with zero attached hydrogens (tertiary/aromatic N) is 4. The zero-order chi connectivity index (χ0) is 23.2. The van der Waals surface area contributed by atoms with Crippen molar-refractivity contribution in [1.82, 2.24) is 14.9 Å². The highest BCUT2D eigenvalue weighted by molar-refractivity contribution is 5.89. The zero-order valence-corrected chi connectivity index (χ0v) is 19.2. The molecule has 1 fully saturated rings. The number of amides is 2. The monoisotopic (exact) mass is 447 g/mol. The van der Waals surface area contributed by atoms with Crippen molar-refractivity contribution in [2.24, 2.45) is 0 Å². The molecule has 1 saturated heterocycles. The minimum Gasteiger partial charge on any atom is -0.354 e. The van der Waals surface area contributed by atoms with E-state index in [0.717, 1.165) is 48.7 Å². The quantitative estimate of drug-likeness (QED) is 0.609. The van der Waals surface area contributed by atoms with E-state index < -0.39 is 0 Å². The Morgan fingerprint density at radius 3 is 2.61 bits per heavy atom. The van der Waals surface area contributed by atoms with Crippen LogP contribution in [0.2, 0.25) is 0 Å². The Morgan fingerprint density at radius 2 is 1.85 bits per heavy atom. The second kappa shape index (κ2) is 10.4. The van der Waals surface area contributed by atoms with Crippen LogP contribution in [0.1, 0.15) is 36.0 Å².